The highest BCUT2D eigenvalue weighted by Gasteiger charge is 2.08. The molecule has 0 spiro atoms. The Morgan fingerprint density at radius 1 is 1.07 bits per heavy atom. The lowest BCUT2D eigenvalue weighted by Crippen LogP contribution is -2.40. The van der Waals surface area contributed by atoms with Gasteiger partial charge < -0.3 is 15.4 Å². The molecule has 0 aliphatic carbocycles. The van der Waals surface area contributed by atoms with Gasteiger partial charge in [-0.3, -0.25) is 0 Å². The number of nitrogens with one attached hydrogen (secondary N) is 2. The number of pyridine rings is 1. The number of benzene rings is 2. The predicted molar refractivity (Wildman–Crippen MR) is 110 cm³/mol. The minimum Gasteiger partial charge on any atom is -0.439 e. The summed E-state index contributed by atoms with van der Waals surface area (Å²) in [4.78, 5) is 16.3. The van der Waals surface area contributed by atoms with Crippen molar-refractivity contribution >= 4 is 6.03 Å². The van der Waals surface area contributed by atoms with Crippen LogP contribution < -0.4 is 15.4 Å². The maximum absolute atomic E-state index is 13.2. The number of amides is 2. The highest BCUT2D eigenvalue weighted by atomic mass is 19.1. The first-order chi connectivity index (χ1) is 14.1. The average Bonchev–Trinajstić information content (AvgIpc) is 2.73. The summed E-state index contributed by atoms with van der Waals surface area (Å²) in [7, 11) is 0. The molecule has 6 heteroatoms. The molecule has 3 aromatic rings. The van der Waals surface area contributed by atoms with E-state index in [9.17, 15) is 9.18 Å². The van der Waals surface area contributed by atoms with Crippen LogP contribution in [-0.4, -0.2) is 17.1 Å². The Morgan fingerprint density at radius 3 is 2.62 bits per heavy atom. The van der Waals surface area contributed by atoms with E-state index in [-0.39, 0.29) is 17.9 Å². The predicted octanol–water partition coefficient (Wildman–Crippen LogP) is 4.83. The first kappa shape index (κ1) is 20.3. The number of carbonyl (C=O) groups excluding carboxylic acids is 1. The summed E-state index contributed by atoms with van der Waals surface area (Å²) in [6.45, 7) is 2.34. The van der Waals surface area contributed by atoms with Gasteiger partial charge in [0.2, 0.25) is 5.88 Å². The SMILES string of the molecule is CC(CCc1ccccc1)NC(=O)NCc1ccc(Oc2cccc(F)c2)nc1. The summed E-state index contributed by atoms with van der Waals surface area (Å²) in [6.07, 6.45) is 3.40. The summed E-state index contributed by atoms with van der Waals surface area (Å²) < 4.78 is 18.7. The topological polar surface area (TPSA) is 63.2 Å². The van der Waals surface area contributed by atoms with Crippen LogP contribution in [-0.2, 0) is 13.0 Å². The first-order valence-corrected chi connectivity index (χ1v) is 9.55. The fraction of sp³-hybridized carbons (Fsp3) is 0.217. The molecule has 0 aliphatic rings. The van der Waals surface area contributed by atoms with Gasteiger partial charge in [0.05, 0.1) is 0 Å². The molecule has 2 aromatic carbocycles. The molecule has 1 unspecified atom stereocenters. The monoisotopic (exact) mass is 393 g/mol. The Balaban J connectivity index is 1.40. The van der Waals surface area contributed by atoms with Gasteiger partial charge in [-0.1, -0.05) is 42.5 Å². The molecule has 29 heavy (non-hydrogen) atoms. The van der Waals surface area contributed by atoms with Crippen molar-refractivity contribution in [3.63, 3.8) is 0 Å². The molecule has 0 saturated carbocycles. The molecule has 1 aromatic heterocycles. The number of rotatable bonds is 8. The van der Waals surface area contributed by atoms with Crippen LogP contribution in [0.15, 0.2) is 72.9 Å². The number of aryl methyl sites for hydroxylation is 1. The average molecular weight is 393 g/mol. The van der Waals surface area contributed by atoms with Crippen LogP contribution in [0.25, 0.3) is 0 Å². The van der Waals surface area contributed by atoms with Crippen LogP contribution in [0.2, 0.25) is 0 Å². The zero-order chi connectivity index (χ0) is 20.5. The van der Waals surface area contributed by atoms with Gasteiger partial charge in [0.25, 0.3) is 0 Å². The Morgan fingerprint density at radius 2 is 1.90 bits per heavy atom. The van der Waals surface area contributed by atoms with Crippen molar-refractivity contribution in [3.05, 3.63) is 89.9 Å². The summed E-state index contributed by atoms with van der Waals surface area (Å²) in [5.74, 6) is 0.373. The van der Waals surface area contributed by atoms with Crippen molar-refractivity contribution in [2.24, 2.45) is 0 Å². The molecule has 0 fully saturated rings. The summed E-state index contributed by atoms with van der Waals surface area (Å²) in [5, 5.41) is 5.76. The van der Waals surface area contributed by atoms with E-state index >= 15 is 0 Å². The van der Waals surface area contributed by atoms with Crippen molar-refractivity contribution in [2.75, 3.05) is 0 Å². The molecule has 0 aliphatic heterocycles. The molecule has 5 nitrogen and oxygen atoms in total. The van der Waals surface area contributed by atoms with E-state index in [1.165, 1.54) is 17.7 Å². The zero-order valence-corrected chi connectivity index (χ0v) is 16.3. The standard InChI is InChI=1S/C23H24FN3O2/c1-17(10-11-18-6-3-2-4-7-18)27-23(28)26-16-19-12-13-22(25-15-19)29-21-9-5-8-20(24)14-21/h2-9,12-15,17H,10-11,16H2,1H3,(H2,26,27,28). The van der Waals surface area contributed by atoms with Crippen molar-refractivity contribution in [3.8, 4) is 11.6 Å². The van der Waals surface area contributed by atoms with Crippen molar-refractivity contribution < 1.29 is 13.9 Å². The van der Waals surface area contributed by atoms with E-state index in [0.717, 1.165) is 18.4 Å². The molecule has 2 N–H and O–H groups in total. The Labute approximate surface area is 169 Å². The van der Waals surface area contributed by atoms with E-state index in [1.807, 2.05) is 25.1 Å². The van der Waals surface area contributed by atoms with Gasteiger partial charge in [0.15, 0.2) is 0 Å². The molecular formula is C23H24FN3O2. The normalized spacial score (nSPS) is 11.5. The molecule has 3 rings (SSSR count). The third-order valence-electron chi connectivity index (χ3n) is 4.36. The highest BCUT2D eigenvalue weighted by Crippen LogP contribution is 2.20. The van der Waals surface area contributed by atoms with Crippen LogP contribution >= 0.6 is 0 Å². The Bertz CT molecular complexity index is 917. The van der Waals surface area contributed by atoms with E-state index in [4.69, 9.17) is 4.74 Å². The van der Waals surface area contributed by atoms with E-state index in [0.29, 0.717) is 18.2 Å². The van der Waals surface area contributed by atoms with Gasteiger partial charge in [-0.05, 0) is 43.0 Å². The fourth-order valence-electron chi connectivity index (χ4n) is 2.78. The van der Waals surface area contributed by atoms with Gasteiger partial charge in [0.1, 0.15) is 11.6 Å². The van der Waals surface area contributed by atoms with Crippen molar-refractivity contribution in [1.29, 1.82) is 0 Å². The van der Waals surface area contributed by atoms with E-state index in [2.05, 4.69) is 27.8 Å². The first-order valence-electron chi connectivity index (χ1n) is 9.55. The van der Waals surface area contributed by atoms with Crippen molar-refractivity contribution in [2.45, 2.75) is 32.4 Å². The smallest absolute Gasteiger partial charge is 0.315 e. The minimum atomic E-state index is -0.368. The quantitative estimate of drug-likeness (QED) is 0.576. The number of hydrogen-bond acceptors (Lipinski definition) is 3. The van der Waals surface area contributed by atoms with E-state index < -0.39 is 0 Å². The van der Waals surface area contributed by atoms with Crippen LogP contribution in [0.5, 0.6) is 11.6 Å². The molecule has 1 heterocycles. The van der Waals surface area contributed by atoms with Gasteiger partial charge >= 0.3 is 6.03 Å². The van der Waals surface area contributed by atoms with Gasteiger partial charge in [0, 0.05) is 30.9 Å². The number of aromatic nitrogens is 1. The van der Waals surface area contributed by atoms with Gasteiger partial charge in [-0.2, -0.15) is 0 Å². The van der Waals surface area contributed by atoms with Crippen LogP contribution in [0.1, 0.15) is 24.5 Å². The molecule has 2 amide bonds. The maximum atomic E-state index is 13.2. The highest BCUT2D eigenvalue weighted by molar-refractivity contribution is 5.74. The molecule has 0 bridgehead atoms. The van der Waals surface area contributed by atoms with E-state index in [1.54, 1.807) is 30.5 Å². The lowest BCUT2D eigenvalue weighted by molar-refractivity contribution is 0.237. The number of hydrogen-bond donors (Lipinski definition) is 2. The Hall–Kier alpha value is -3.41. The van der Waals surface area contributed by atoms with Gasteiger partial charge in [-0.15, -0.1) is 0 Å². The molecule has 1 atom stereocenters. The van der Waals surface area contributed by atoms with Crippen LogP contribution in [0, 0.1) is 5.82 Å². The van der Waals surface area contributed by atoms with Crippen LogP contribution in [0.4, 0.5) is 9.18 Å². The summed E-state index contributed by atoms with van der Waals surface area (Å²) >= 11 is 0. The number of carbonyl (C=O) groups is 1. The molecule has 0 saturated heterocycles. The molecule has 0 radical (unpaired) electrons. The number of urea groups is 1. The lowest BCUT2D eigenvalue weighted by atomic mass is 10.1. The number of halogens is 1. The summed E-state index contributed by atoms with van der Waals surface area (Å²) in [6, 6.07) is 19.4. The minimum absolute atomic E-state index is 0.0652. The molecule has 150 valence electrons. The Kier molecular flexibility index (Phi) is 7.16. The third kappa shape index (κ3) is 6.92. The van der Waals surface area contributed by atoms with Crippen LogP contribution in [0.3, 0.4) is 0 Å². The maximum Gasteiger partial charge on any atom is 0.315 e. The van der Waals surface area contributed by atoms with Crippen molar-refractivity contribution in [1.82, 2.24) is 15.6 Å². The fourth-order valence-corrected chi connectivity index (χ4v) is 2.78. The lowest BCUT2D eigenvalue weighted by Gasteiger charge is -2.15. The second-order valence-corrected chi connectivity index (χ2v) is 6.82. The second kappa shape index (κ2) is 10.2. The van der Waals surface area contributed by atoms with Gasteiger partial charge in [-0.25, -0.2) is 14.2 Å². The summed E-state index contributed by atoms with van der Waals surface area (Å²) in [5.41, 5.74) is 2.09. The number of ether oxygens (including phenoxy) is 1. The second-order valence-electron chi connectivity index (χ2n) is 6.82. The third-order valence-corrected chi connectivity index (χ3v) is 4.36. The largest absolute Gasteiger partial charge is 0.439 e. The molecular weight excluding hydrogens is 369 g/mol. The number of nitrogens with zero attached hydrogens (tertiary/aromatic N) is 1. The zero-order valence-electron chi connectivity index (χ0n) is 16.3.